The van der Waals surface area contributed by atoms with Gasteiger partial charge in [-0.05, 0) is 31.0 Å². The molecule has 1 aliphatic rings. The summed E-state index contributed by atoms with van der Waals surface area (Å²) in [5.41, 5.74) is 0.0000245. The Balaban J connectivity index is 2.02. The largest absolute Gasteiger partial charge is 0.481 e. The van der Waals surface area contributed by atoms with Gasteiger partial charge in [0.05, 0.1) is 12.5 Å². The van der Waals surface area contributed by atoms with E-state index < -0.39 is 17.5 Å². The molecule has 2 amide bonds. The quantitative estimate of drug-likeness (QED) is 0.767. The number of benzene rings is 1. The third-order valence-corrected chi connectivity index (χ3v) is 4.34. The predicted octanol–water partition coefficient (Wildman–Crippen LogP) is 3.23. The van der Waals surface area contributed by atoms with Gasteiger partial charge in [0.1, 0.15) is 0 Å². The molecule has 24 heavy (non-hydrogen) atoms. The number of methoxy groups -OCH3 is 1. The number of carboxylic acid groups (broad SMARTS) is 1. The average Bonchev–Trinajstić information content (AvgIpc) is 2.55. The number of amides is 2. The van der Waals surface area contributed by atoms with Crippen LogP contribution in [0.2, 0.25) is 0 Å². The molecule has 0 heterocycles. The summed E-state index contributed by atoms with van der Waals surface area (Å²) >= 11 is 0. The summed E-state index contributed by atoms with van der Waals surface area (Å²) in [4.78, 5) is 35.1. The van der Waals surface area contributed by atoms with E-state index in [2.05, 4.69) is 15.4 Å². The van der Waals surface area contributed by atoms with Crippen molar-refractivity contribution >= 4 is 29.3 Å². The molecule has 0 aromatic heterocycles. The number of aliphatic carboxylic acids is 1. The fourth-order valence-corrected chi connectivity index (χ4v) is 3.05. The van der Waals surface area contributed by atoms with E-state index in [1.54, 1.807) is 24.3 Å². The molecule has 3 N–H and O–H groups in total. The number of ether oxygens (including phenoxy) is 1. The number of nitrogens with one attached hydrogen (secondary N) is 2. The summed E-state index contributed by atoms with van der Waals surface area (Å²) in [6.07, 6.45) is 3.08. The van der Waals surface area contributed by atoms with Gasteiger partial charge >= 0.3 is 12.1 Å². The van der Waals surface area contributed by atoms with Crippen LogP contribution in [0.4, 0.5) is 16.2 Å². The van der Waals surface area contributed by atoms with Crippen molar-refractivity contribution in [2.24, 2.45) is 5.41 Å². The zero-order valence-corrected chi connectivity index (χ0v) is 13.6. The van der Waals surface area contributed by atoms with Crippen molar-refractivity contribution in [3.05, 3.63) is 24.3 Å². The van der Waals surface area contributed by atoms with E-state index in [-0.39, 0.29) is 12.3 Å². The minimum Gasteiger partial charge on any atom is -0.481 e. The van der Waals surface area contributed by atoms with Crippen molar-refractivity contribution in [3.63, 3.8) is 0 Å². The van der Waals surface area contributed by atoms with Crippen molar-refractivity contribution < 1.29 is 24.2 Å². The number of carbonyl (C=O) groups excluding carboxylic acids is 2. The Morgan fingerprint density at radius 3 is 2.33 bits per heavy atom. The van der Waals surface area contributed by atoms with E-state index in [4.69, 9.17) is 0 Å². The Hall–Kier alpha value is -2.57. The minimum atomic E-state index is -0.968. The Bertz CT molecular complexity index is 623. The fraction of sp³-hybridized carbons (Fsp3) is 0.471. The predicted molar refractivity (Wildman–Crippen MR) is 88.9 cm³/mol. The van der Waals surface area contributed by atoms with Crippen molar-refractivity contribution in [2.45, 2.75) is 38.5 Å². The lowest BCUT2D eigenvalue weighted by molar-refractivity contribution is -0.153. The van der Waals surface area contributed by atoms with Crippen molar-refractivity contribution in [3.8, 4) is 0 Å². The van der Waals surface area contributed by atoms with Crippen LogP contribution < -0.4 is 10.6 Å². The Labute approximate surface area is 140 Å². The van der Waals surface area contributed by atoms with E-state index in [1.165, 1.54) is 7.11 Å². The Kier molecular flexibility index (Phi) is 5.78. The molecular formula is C17H22N2O5. The standard InChI is InChI=1S/C17H22N2O5/c1-24-16(23)19-13-7-5-6-12(10-13)18-14(20)11-17(15(21)22)8-3-2-4-9-17/h5-7,10H,2-4,8-9,11H2,1H3,(H,18,20)(H,19,23)(H,21,22). The summed E-state index contributed by atoms with van der Waals surface area (Å²) in [5.74, 6) is -1.24. The molecule has 0 spiro atoms. The molecule has 0 bridgehead atoms. The smallest absolute Gasteiger partial charge is 0.411 e. The van der Waals surface area contributed by atoms with Gasteiger partial charge < -0.3 is 15.2 Å². The van der Waals surface area contributed by atoms with Gasteiger partial charge in [0.25, 0.3) is 0 Å². The third kappa shape index (κ3) is 4.47. The second-order valence-corrected chi connectivity index (χ2v) is 6.07. The molecular weight excluding hydrogens is 312 g/mol. The topological polar surface area (TPSA) is 105 Å². The average molecular weight is 334 g/mol. The van der Waals surface area contributed by atoms with Crippen LogP contribution in [0.5, 0.6) is 0 Å². The van der Waals surface area contributed by atoms with Crippen LogP contribution >= 0.6 is 0 Å². The molecule has 7 nitrogen and oxygen atoms in total. The number of rotatable bonds is 5. The van der Waals surface area contributed by atoms with Gasteiger partial charge in [-0.15, -0.1) is 0 Å². The van der Waals surface area contributed by atoms with Gasteiger partial charge in [0.15, 0.2) is 0 Å². The molecule has 0 unspecified atom stereocenters. The zero-order valence-electron chi connectivity index (χ0n) is 13.6. The highest BCUT2D eigenvalue weighted by molar-refractivity contribution is 5.95. The Morgan fingerprint density at radius 2 is 1.75 bits per heavy atom. The van der Waals surface area contributed by atoms with E-state index in [1.807, 2.05) is 0 Å². The number of carbonyl (C=O) groups is 3. The molecule has 2 rings (SSSR count). The van der Waals surface area contributed by atoms with Gasteiger partial charge in [0, 0.05) is 17.8 Å². The molecule has 1 aliphatic carbocycles. The van der Waals surface area contributed by atoms with Gasteiger partial charge in [-0.25, -0.2) is 4.79 Å². The molecule has 0 atom stereocenters. The molecule has 0 aliphatic heterocycles. The van der Waals surface area contributed by atoms with Gasteiger partial charge in [-0.2, -0.15) is 0 Å². The van der Waals surface area contributed by atoms with E-state index >= 15 is 0 Å². The second kappa shape index (κ2) is 7.81. The summed E-state index contributed by atoms with van der Waals surface area (Å²) < 4.78 is 4.51. The van der Waals surface area contributed by atoms with Crippen LogP contribution in [-0.4, -0.2) is 30.2 Å². The maximum Gasteiger partial charge on any atom is 0.411 e. The molecule has 7 heteroatoms. The SMILES string of the molecule is COC(=O)Nc1cccc(NC(=O)CC2(C(=O)O)CCCCC2)c1. The normalized spacial score (nSPS) is 16.0. The van der Waals surface area contributed by atoms with E-state index in [0.29, 0.717) is 24.2 Å². The lowest BCUT2D eigenvalue weighted by Gasteiger charge is -2.32. The first kappa shape index (κ1) is 17.8. The van der Waals surface area contributed by atoms with Crippen molar-refractivity contribution in [1.29, 1.82) is 0 Å². The van der Waals surface area contributed by atoms with Crippen LogP contribution in [0.15, 0.2) is 24.3 Å². The second-order valence-electron chi connectivity index (χ2n) is 6.07. The lowest BCUT2D eigenvalue weighted by Crippen LogP contribution is -2.37. The Morgan fingerprint density at radius 1 is 1.12 bits per heavy atom. The minimum absolute atomic E-state index is 0.0447. The molecule has 1 aromatic carbocycles. The summed E-state index contributed by atoms with van der Waals surface area (Å²) in [7, 11) is 1.26. The van der Waals surface area contributed by atoms with Crippen molar-refractivity contribution in [2.75, 3.05) is 17.7 Å². The number of carboxylic acids is 1. The van der Waals surface area contributed by atoms with Crippen LogP contribution in [0.25, 0.3) is 0 Å². The van der Waals surface area contributed by atoms with E-state index in [0.717, 1.165) is 19.3 Å². The molecule has 130 valence electrons. The van der Waals surface area contributed by atoms with Crippen molar-refractivity contribution in [1.82, 2.24) is 0 Å². The maximum atomic E-state index is 12.3. The number of anilines is 2. The summed E-state index contributed by atoms with van der Waals surface area (Å²) in [6, 6.07) is 6.60. The molecule has 1 saturated carbocycles. The van der Waals surface area contributed by atoms with Crippen LogP contribution in [0.1, 0.15) is 38.5 Å². The lowest BCUT2D eigenvalue weighted by atomic mass is 9.71. The molecule has 1 aromatic rings. The molecule has 1 fully saturated rings. The summed E-state index contributed by atoms with van der Waals surface area (Å²) in [6.45, 7) is 0. The van der Waals surface area contributed by atoms with Crippen LogP contribution in [0, 0.1) is 5.41 Å². The first-order valence-corrected chi connectivity index (χ1v) is 7.93. The molecule has 0 radical (unpaired) electrons. The van der Waals surface area contributed by atoms with Gasteiger partial charge in [-0.3, -0.25) is 14.9 Å². The fourth-order valence-electron chi connectivity index (χ4n) is 3.05. The van der Waals surface area contributed by atoms with E-state index in [9.17, 15) is 19.5 Å². The highest BCUT2D eigenvalue weighted by Gasteiger charge is 2.41. The highest BCUT2D eigenvalue weighted by Crippen LogP contribution is 2.39. The monoisotopic (exact) mass is 334 g/mol. The third-order valence-electron chi connectivity index (χ3n) is 4.34. The first-order valence-electron chi connectivity index (χ1n) is 7.93. The number of hydrogen-bond acceptors (Lipinski definition) is 4. The summed E-state index contributed by atoms with van der Waals surface area (Å²) in [5, 5.41) is 14.7. The van der Waals surface area contributed by atoms with Gasteiger partial charge in [0.2, 0.25) is 5.91 Å². The van der Waals surface area contributed by atoms with Crippen LogP contribution in [-0.2, 0) is 14.3 Å². The first-order chi connectivity index (χ1) is 11.4. The number of hydrogen-bond donors (Lipinski definition) is 3. The van der Waals surface area contributed by atoms with Gasteiger partial charge in [-0.1, -0.05) is 25.3 Å². The van der Waals surface area contributed by atoms with Crippen LogP contribution in [0.3, 0.4) is 0 Å². The zero-order chi connectivity index (χ0) is 17.6. The maximum absolute atomic E-state index is 12.3. The highest BCUT2D eigenvalue weighted by atomic mass is 16.5. The molecule has 0 saturated heterocycles.